The van der Waals surface area contributed by atoms with E-state index < -0.39 is 0 Å². The van der Waals surface area contributed by atoms with E-state index in [2.05, 4.69) is 30.5 Å². The molecule has 0 fully saturated rings. The summed E-state index contributed by atoms with van der Waals surface area (Å²) in [5.41, 5.74) is 1.93. The predicted octanol–water partition coefficient (Wildman–Crippen LogP) is 14.7. The summed E-state index contributed by atoms with van der Waals surface area (Å²) in [7, 11) is 0. The summed E-state index contributed by atoms with van der Waals surface area (Å²) >= 11 is 0. The van der Waals surface area contributed by atoms with Gasteiger partial charge in [-0.05, 0) is 25.0 Å². The summed E-state index contributed by atoms with van der Waals surface area (Å²) in [6, 6.07) is 5.85. The van der Waals surface area contributed by atoms with Gasteiger partial charge in [-0.2, -0.15) is 0 Å². The molecule has 0 unspecified atom stereocenters. The zero-order valence-corrected chi connectivity index (χ0v) is 30.7. The van der Waals surface area contributed by atoms with E-state index in [4.69, 9.17) is 0 Å². The molecule has 3 nitrogen and oxygen atoms in total. The maximum absolute atomic E-state index is 10.5. The van der Waals surface area contributed by atoms with Gasteiger partial charge in [-0.3, -0.25) is 0 Å². The summed E-state index contributed by atoms with van der Waals surface area (Å²) in [6.07, 6.45) is 44.8. The Kier molecular flexibility index (Phi) is 31.4. The van der Waals surface area contributed by atoms with Crippen LogP contribution in [0.2, 0.25) is 0 Å². The Hall–Kier alpha value is -1.38. The van der Waals surface area contributed by atoms with Gasteiger partial charge in [-0.15, -0.1) is 0 Å². The predicted molar refractivity (Wildman–Crippen MR) is 204 cm³/mol. The molecule has 0 aliphatic rings. The second kappa shape index (κ2) is 34.0. The summed E-state index contributed by atoms with van der Waals surface area (Å²) in [6.45, 7) is 6.51. The SMILES string of the molecule is CCCCCCCCCCCCCCCCCCNc1cccc(O)c1NCCCCCCCCCCCCCCCCCC. The van der Waals surface area contributed by atoms with Crippen molar-refractivity contribution in [2.45, 2.75) is 219 Å². The largest absolute Gasteiger partial charge is 0.506 e. The third-order valence-electron chi connectivity index (χ3n) is 9.72. The van der Waals surface area contributed by atoms with Gasteiger partial charge in [0.2, 0.25) is 0 Å². The van der Waals surface area contributed by atoms with E-state index in [1.165, 1.54) is 205 Å². The van der Waals surface area contributed by atoms with Crippen molar-refractivity contribution >= 4 is 11.4 Å². The summed E-state index contributed by atoms with van der Waals surface area (Å²) in [4.78, 5) is 0. The van der Waals surface area contributed by atoms with Gasteiger partial charge >= 0.3 is 0 Å². The van der Waals surface area contributed by atoms with Crippen LogP contribution in [0.5, 0.6) is 5.75 Å². The molecule has 0 heterocycles. The molecule has 0 aliphatic carbocycles. The third-order valence-corrected chi connectivity index (χ3v) is 9.72. The number of hydrogen-bond donors (Lipinski definition) is 3. The van der Waals surface area contributed by atoms with Crippen LogP contribution in [0.4, 0.5) is 11.4 Å². The first-order valence-electron chi connectivity index (χ1n) is 20.6. The highest BCUT2D eigenvalue weighted by atomic mass is 16.3. The lowest BCUT2D eigenvalue weighted by atomic mass is 10.0. The van der Waals surface area contributed by atoms with Gasteiger partial charge in [0.1, 0.15) is 11.4 Å². The van der Waals surface area contributed by atoms with Crippen molar-refractivity contribution in [1.29, 1.82) is 0 Å². The number of rotatable bonds is 36. The maximum atomic E-state index is 10.5. The molecule has 1 rings (SSSR count). The van der Waals surface area contributed by atoms with Gasteiger partial charge in [0.05, 0.1) is 5.69 Å². The van der Waals surface area contributed by atoms with E-state index in [1.807, 2.05) is 6.07 Å². The summed E-state index contributed by atoms with van der Waals surface area (Å²) in [5, 5.41) is 17.6. The Balaban J connectivity index is 1.93. The number of anilines is 2. The molecule has 0 aromatic heterocycles. The number of benzene rings is 1. The lowest BCUT2D eigenvalue weighted by molar-refractivity contribution is 0.477. The van der Waals surface area contributed by atoms with Crippen LogP contribution in [0, 0.1) is 0 Å². The van der Waals surface area contributed by atoms with Crippen LogP contribution in [-0.4, -0.2) is 18.2 Å². The quantitative estimate of drug-likeness (QED) is 0.0511. The van der Waals surface area contributed by atoms with Gasteiger partial charge in [0.15, 0.2) is 0 Å². The fourth-order valence-corrected chi connectivity index (χ4v) is 6.66. The minimum Gasteiger partial charge on any atom is -0.506 e. The molecule has 0 saturated heterocycles. The Bertz CT molecular complexity index is 721. The van der Waals surface area contributed by atoms with Gasteiger partial charge in [0, 0.05) is 13.1 Å². The van der Waals surface area contributed by atoms with Crippen LogP contribution in [0.3, 0.4) is 0 Å². The molecule has 0 aliphatic heterocycles. The monoisotopic (exact) mass is 629 g/mol. The van der Waals surface area contributed by atoms with E-state index in [9.17, 15) is 5.11 Å². The number of aromatic hydroxyl groups is 1. The molecule has 45 heavy (non-hydrogen) atoms. The van der Waals surface area contributed by atoms with Crippen molar-refractivity contribution in [3.05, 3.63) is 18.2 Å². The third kappa shape index (κ3) is 27.4. The van der Waals surface area contributed by atoms with E-state index in [0.29, 0.717) is 5.75 Å². The molecule has 0 bridgehead atoms. The zero-order chi connectivity index (χ0) is 32.3. The minimum absolute atomic E-state index is 0.364. The second-order valence-electron chi connectivity index (χ2n) is 14.2. The van der Waals surface area contributed by atoms with Crippen LogP contribution >= 0.6 is 0 Å². The van der Waals surface area contributed by atoms with Gasteiger partial charge in [-0.1, -0.05) is 213 Å². The van der Waals surface area contributed by atoms with Gasteiger partial charge < -0.3 is 15.7 Å². The molecule has 3 N–H and O–H groups in total. The van der Waals surface area contributed by atoms with Crippen molar-refractivity contribution in [1.82, 2.24) is 0 Å². The van der Waals surface area contributed by atoms with Crippen LogP contribution in [0.1, 0.15) is 219 Å². The van der Waals surface area contributed by atoms with Crippen molar-refractivity contribution in [2.75, 3.05) is 23.7 Å². The molecule has 0 atom stereocenters. The fraction of sp³-hybridized carbons (Fsp3) is 0.857. The molecule has 0 radical (unpaired) electrons. The Morgan fingerprint density at radius 1 is 0.378 bits per heavy atom. The first-order valence-corrected chi connectivity index (χ1v) is 20.6. The molecule has 0 saturated carbocycles. The number of para-hydroxylation sites is 1. The molecular formula is C42H80N2O. The summed E-state index contributed by atoms with van der Waals surface area (Å²) in [5.74, 6) is 0.364. The van der Waals surface area contributed by atoms with Crippen molar-refractivity contribution < 1.29 is 5.11 Å². The number of phenols is 1. The Morgan fingerprint density at radius 2 is 0.667 bits per heavy atom. The first-order chi connectivity index (χ1) is 22.3. The van der Waals surface area contributed by atoms with Crippen LogP contribution < -0.4 is 10.6 Å². The van der Waals surface area contributed by atoms with Crippen molar-refractivity contribution in [3.63, 3.8) is 0 Å². The number of hydrogen-bond acceptors (Lipinski definition) is 3. The molecule has 0 amide bonds. The van der Waals surface area contributed by atoms with E-state index >= 15 is 0 Å². The smallest absolute Gasteiger partial charge is 0.140 e. The molecule has 3 heteroatoms. The van der Waals surface area contributed by atoms with Gasteiger partial charge in [0.25, 0.3) is 0 Å². The Morgan fingerprint density at radius 3 is 1.00 bits per heavy atom. The normalized spacial score (nSPS) is 11.3. The van der Waals surface area contributed by atoms with Crippen LogP contribution in [0.25, 0.3) is 0 Å². The molecule has 1 aromatic carbocycles. The lowest BCUT2D eigenvalue weighted by Gasteiger charge is -2.15. The van der Waals surface area contributed by atoms with Crippen molar-refractivity contribution in [2.24, 2.45) is 0 Å². The average Bonchev–Trinajstić information content (AvgIpc) is 3.05. The van der Waals surface area contributed by atoms with Crippen LogP contribution in [-0.2, 0) is 0 Å². The highest BCUT2D eigenvalue weighted by Gasteiger charge is 2.07. The average molecular weight is 629 g/mol. The first kappa shape index (κ1) is 41.6. The number of phenolic OH excluding ortho intramolecular Hbond substituents is 1. The minimum atomic E-state index is 0.364. The molecule has 0 spiro atoms. The van der Waals surface area contributed by atoms with Crippen LogP contribution in [0.15, 0.2) is 18.2 Å². The van der Waals surface area contributed by atoms with Crippen molar-refractivity contribution in [3.8, 4) is 5.75 Å². The fourth-order valence-electron chi connectivity index (χ4n) is 6.66. The highest BCUT2D eigenvalue weighted by Crippen LogP contribution is 2.31. The molecular weight excluding hydrogens is 548 g/mol. The summed E-state index contributed by atoms with van der Waals surface area (Å²) < 4.78 is 0. The maximum Gasteiger partial charge on any atom is 0.140 e. The zero-order valence-electron chi connectivity index (χ0n) is 30.7. The highest BCUT2D eigenvalue weighted by molar-refractivity contribution is 5.75. The number of unbranched alkanes of at least 4 members (excludes halogenated alkanes) is 30. The topological polar surface area (TPSA) is 44.3 Å². The van der Waals surface area contributed by atoms with Gasteiger partial charge in [-0.25, -0.2) is 0 Å². The molecule has 264 valence electrons. The molecule has 1 aromatic rings. The lowest BCUT2D eigenvalue weighted by Crippen LogP contribution is -2.08. The standard InChI is InChI=1S/C42H80N2O/c1-3-5-7-9-11-13-15-17-19-21-23-25-27-29-31-33-38-43-40-36-35-37-41(45)42(40)44-39-34-32-30-28-26-24-22-20-18-16-14-12-10-8-6-4-2/h35-37,43-45H,3-34,38-39H2,1-2H3. The van der Waals surface area contributed by atoms with E-state index in [-0.39, 0.29) is 0 Å². The Labute approximate surface area is 282 Å². The van der Waals surface area contributed by atoms with E-state index in [1.54, 1.807) is 6.07 Å². The van der Waals surface area contributed by atoms with E-state index in [0.717, 1.165) is 24.5 Å². The number of nitrogens with one attached hydrogen (secondary N) is 2. The second-order valence-corrected chi connectivity index (χ2v) is 14.2.